The summed E-state index contributed by atoms with van der Waals surface area (Å²) in [6.45, 7) is 4.12. The van der Waals surface area contributed by atoms with Gasteiger partial charge in [-0.2, -0.15) is 0 Å². The second kappa shape index (κ2) is 4.83. The number of benzene rings is 2. The molecule has 2 heteroatoms. The van der Waals surface area contributed by atoms with E-state index in [1.807, 2.05) is 24.3 Å². The minimum absolute atomic E-state index is 0.900. The molecule has 0 bridgehead atoms. The molecule has 86 valence electrons. The largest absolute Gasteiger partial charge is 0.355 e. The van der Waals surface area contributed by atoms with Gasteiger partial charge in [-0.15, -0.1) is 0 Å². The molecule has 2 N–H and O–H groups in total. The molecular weight excluding hydrogens is 208 g/mol. The highest BCUT2D eigenvalue weighted by Crippen LogP contribution is 2.21. The number of hydrogen-bond acceptors (Lipinski definition) is 2. The Morgan fingerprint density at radius 1 is 1.00 bits per heavy atom. The van der Waals surface area contributed by atoms with Gasteiger partial charge in [-0.25, -0.2) is 0 Å². The van der Waals surface area contributed by atoms with Crippen molar-refractivity contribution >= 4 is 17.6 Å². The van der Waals surface area contributed by atoms with Crippen molar-refractivity contribution in [2.75, 3.05) is 5.32 Å². The van der Waals surface area contributed by atoms with Crippen LogP contribution in [0.3, 0.4) is 0 Å². The van der Waals surface area contributed by atoms with E-state index in [0.717, 1.165) is 16.9 Å². The topological polar surface area (TPSA) is 35.9 Å². The van der Waals surface area contributed by atoms with Crippen molar-refractivity contribution in [3.63, 3.8) is 0 Å². The molecule has 0 aromatic heterocycles. The summed E-state index contributed by atoms with van der Waals surface area (Å²) < 4.78 is 0. The molecule has 2 aromatic rings. The monoisotopic (exact) mass is 224 g/mol. The molecule has 0 saturated carbocycles. The number of aryl methyl sites for hydroxylation is 2. The van der Waals surface area contributed by atoms with Gasteiger partial charge in [0.2, 0.25) is 0 Å². The fraction of sp³-hybridized carbons (Fsp3) is 0.133. The second-order valence-corrected chi connectivity index (χ2v) is 4.23. The van der Waals surface area contributed by atoms with E-state index in [4.69, 9.17) is 5.41 Å². The van der Waals surface area contributed by atoms with E-state index in [0.29, 0.717) is 0 Å². The lowest BCUT2D eigenvalue weighted by atomic mass is 10.1. The van der Waals surface area contributed by atoms with Gasteiger partial charge in [-0.3, -0.25) is 0 Å². The average molecular weight is 224 g/mol. The summed E-state index contributed by atoms with van der Waals surface area (Å²) in [5, 5.41) is 10.8. The Balaban J connectivity index is 2.35. The van der Waals surface area contributed by atoms with E-state index >= 15 is 0 Å². The van der Waals surface area contributed by atoms with E-state index in [1.165, 1.54) is 17.3 Å². The van der Waals surface area contributed by atoms with Crippen LogP contribution in [0.4, 0.5) is 11.4 Å². The van der Waals surface area contributed by atoms with Crippen LogP contribution in [0.5, 0.6) is 0 Å². The summed E-state index contributed by atoms with van der Waals surface area (Å²) in [5.41, 5.74) is 5.34. The zero-order valence-electron chi connectivity index (χ0n) is 10.1. The quantitative estimate of drug-likeness (QED) is 0.758. The summed E-state index contributed by atoms with van der Waals surface area (Å²) in [5.74, 6) is 0. The van der Waals surface area contributed by atoms with Crippen molar-refractivity contribution in [2.45, 2.75) is 13.8 Å². The van der Waals surface area contributed by atoms with Crippen LogP contribution in [0.1, 0.15) is 16.7 Å². The summed E-state index contributed by atoms with van der Waals surface area (Å²) in [6.07, 6.45) is 1.37. The highest BCUT2D eigenvalue weighted by molar-refractivity contribution is 5.87. The molecule has 2 aromatic carbocycles. The van der Waals surface area contributed by atoms with Crippen molar-refractivity contribution in [1.29, 1.82) is 5.41 Å². The maximum Gasteiger partial charge on any atom is 0.0475 e. The minimum Gasteiger partial charge on any atom is -0.355 e. The van der Waals surface area contributed by atoms with Gasteiger partial charge in [0.05, 0.1) is 0 Å². The van der Waals surface area contributed by atoms with Crippen LogP contribution >= 0.6 is 0 Å². The first kappa shape index (κ1) is 11.4. The van der Waals surface area contributed by atoms with Crippen LogP contribution in [0.15, 0.2) is 42.5 Å². The smallest absolute Gasteiger partial charge is 0.0475 e. The third-order valence-corrected chi connectivity index (χ3v) is 2.66. The van der Waals surface area contributed by atoms with Crippen molar-refractivity contribution in [1.82, 2.24) is 0 Å². The van der Waals surface area contributed by atoms with E-state index in [-0.39, 0.29) is 0 Å². The minimum atomic E-state index is 0.900. The molecule has 0 radical (unpaired) electrons. The summed E-state index contributed by atoms with van der Waals surface area (Å²) in [6, 6.07) is 14.3. The Morgan fingerprint density at radius 2 is 1.76 bits per heavy atom. The number of rotatable bonds is 3. The summed E-state index contributed by atoms with van der Waals surface area (Å²) >= 11 is 0. The molecule has 0 fully saturated rings. The Kier molecular flexibility index (Phi) is 3.24. The van der Waals surface area contributed by atoms with Gasteiger partial charge in [0.25, 0.3) is 0 Å². The Hall–Kier alpha value is -2.09. The summed E-state index contributed by atoms with van der Waals surface area (Å²) in [7, 11) is 0. The fourth-order valence-corrected chi connectivity index (χ4v) is 1.78. The van der Waals surface area contributed by atoms with E-state index < -0.39 is 0 Å². The van der Waals surface area contributed by atoms with Gasteiger partial charge in [-0.05, 0) is 43.2 Å². The van der Waals surface area contributed by atoms with Gasteiger partial charge in [-0.1, -0.05) is 24.3 Å². The molecule has 2 rings (SSSR count). The fourth-order valence-electron chi connectivity index (χ4n) is 1.78. The molecule has 0 aliphatic rings. The van der Waals surface area contributed by atoms with Gasteiger partial charge < -0.3 is 10.7 Å². The molecule has 0 amide bonds. The van der Waals surface area contributed by atoms with Crippen LogP contribution in [-0.2, 0) is 0 Å². The Bertz CT molecular complexity index is 544. The van der Waals surface area contributed by atoms with Crippen molar-refractivity contribution < 1.29 is 0 Å². The number of hydrogen-bond donors (Lipinski definition) is 2. The number of nitrogens with one attached hydrogen (secondary N) is 2. The second-order valence-electron chi connectivity index (χ2n) is 4.23. The molecule has 0 atom stereocenters. The molecule has 0 aliphatic carbocycles. The third kappa shape index (κ3) is 2.72. The molecule has 0 spiro atoms. The molecular formula is C15H16N2. The number of anilines is 2. The van der Waals surface area contributed by atoms with E-state index in [2.05, 4.69) is 37.4 Å². The molecule has 17 heavy (non-hydrogen) atoms. The Morgan fingerprint density at radius 3 is 2.47 bits per heavy atom. The van der Waals surface area contributed by atoms with E-state index in [9.17, 15) is 0 Å². The van der Waals surface area contributed by atoms with Crippen LogP contribution in [0.2, 0.25) is 0 Å². The highest BCUT2D eigenvalue weighted by atomic mass is 14.9. The van der Waals surface area contributed by atoms with Gasteiger partial charge in [0.15, 0.2) is 0 Å². The predicted molar refractivity (Wildman–Crippen MR) is 73.5 cm³/mol. The molecule has 0 aliphatic heterocycles. The molecule has 0 saturated heterocycles. The lowest BCUT2D eigenvalue weighted by Gasteiger charge is -2.10. The standard InChI is InChI=1S/C15H16N2/c1-11-4-3-5-14(8-11)17-15-9-12(2)6-7-13(15)10-16/h3-10,16-17H,1-2H3. The zero-order valence-corrected chi connectivity index (χ0v) is 10.1. The highest BCUT2D eigenvalue weighted by Gasteiger charge is 2.01. The van der Waals surface area contributed by atoms with Crippen molar-refractivity contribution in [3.05, 3.63) is 59.2 Å². The lowest BCUT2D eigenvalue weighted by Crippen LogP contribution is -1.96. The molecule has 0 unspecified atom stereocenters. The van der Waals surface area contributed by atoms with Crippen LogP contribution in [-0.4, -0.2) is 6.21 Å². The third-order valence-electron chi connectivity index (χ3n) is 2.66. The van der Waals surface area contributed by atoms with Crippen molar-refractivity contribution in [3.8, 4) is 0 Å². The Labute approximate surface area is 102 Å². The molecule has 2 nitrogen and oxygen atoms in total. The van der Waals surface area contributed by atoms with Gasteiger partial charge >= 0.3 is 0 Å². The zero-order chi connectivity index (χ0) is 12.3. The van der Waals surface area contributed by atoms with Gasteiger partial charge in [0.1, 0.15) is 0 Å². The maximum atomic E-state index is 7.40. The van der Waals surface area contributed by atoms with Crippen LogP contribution in [0.25, 0.3) is 0 Å². The lowest BCUT2D eigenvalue weighted by molar-refractivity contribution is 1.41. The first-order chi connectivity index (χ1) is 8.19. The first-order valence-electron chi connectivity index (χ1n) is 5.64. The van der Waals surface area contributed by atoms with E-state index in [1.54, 1.807) is 0 Å². The SMILES string of the molecule is Cc1cccc(Nc2cc(C)ccc2C=N)c1. The normalized spacial score (nSPS) is 10.0. The van der Waals surface area contributed by atoms with Gasteiger partial charge in [0, 0.05) is 23.2 Å². The van der Waals surface area contributed by atoms with Crippen LogP contribution < -0.4 is 5.32 Å². The van der Waals surface area contributed by atoms with Crippen LogP contribution in [0, 0.1) is 19.3 Å². The first-order valence-corrected chi connectivity index (χ1v) is 5.64. The maximum absolute atomic E-state index is 7.40. The summed E-state index contributed by atoms with van der Waals surface area (Å²) in [4.78, 5) is 0. The van der Waals surface area contributed by atoms with Crippen molar-refractivity contribution in [2.24, 2.45) is 0 Å². The predicted octanol–water partition coefficient (Wildman–Crippen LogP) is 4.04. The molecule has 0 heterocycles. The average Bonchev–Trinajstić information content (AvgIpc) is 2.29.